The summed E-state index contributed by atoms with van der Waals surface area (Å²) in [6.45, 7) is -0.623. The van der Waals surface area contributed by atoms with Crippen LogP contribution < -0.4 is 4.74 Å². The summed E-state index contributed by atoms with van der Waals surface area (Å²) in [6.07, 6.45) is -5.28. The standard InChI is InChI=1S/C13H12F5NO2/c14-12(15)5-6-19(8-12)11(20)7-9-1-3-10(4-2-9)21-13(16,17)18/h1-4H,5-8H2. The average Bonchev–Trinajstić information content (AvgIpc) is 2.70. The highest BCUT2D eigenvalue weighted by atomic mass is 19.4. The molecule has 1 amide bonds. The third kappa shape index (κ3) is 4.57. The van der Waals surface area contributed by atoms with Gasteiger partial charge in [0.05, 0.1) is 13.0 Å². The zero-order valence-electron chi connectivity index (χ0n) is 10.8. The van der Waals surface area contributed by atoms with Crippen LogP contribution in [-0.4, -0.2) is 36.2 Å². The number of ether oxygens (including phenoxy) is 1. The normalized spacial score (nSPS) is 17.9. The van der Waals surface area contributed by atoms with E-state index < -0.39 is 30.5 Å². The van der Waals surface area contributed by atoms with E-state index in [-0.39, 0.29) is 19.4 Å². The van der Waals surface area contributed by atoms with Gasteiger partial charge in [0.2, 0.25) is 5.91 Å². The molecule has 1 heterocycles. The number of amides is 1. The number of nitrogens with zero attached hydrogens (tertiary/aromatic N) is 1. The molecule has 1 aliphatic heterocycles. The zero-order chi connectivity index (χ0) is 15.7. The number of likely N-dealkylation sites (tertiary alicyclic amines) is 1. The zero-order valence-corrected chi connectivity index (χ0v) is 10.8. The summed E-state index contributed by atoms with van der Waals surface area (Å²) in [5.74, 6) is -3.73. The molecule has 0 N–H and O–H groups in total. The Bertz CT molecular complexity index is 512. The van der Waals surface area contributed by atoms with Gasteiger partial charge in [-0.15, -0.1) is 13.2 Å². The van der Waals surface area contributed by atoms with E-state index in [9.17, 15) is 26.7 Å². The molecular formula is C13H12F5NO2. The van der Waals surface area contributed by atoms with Crippen molar-refractivity contribution in [3.63, 3.8) is 0 Å². The third-order valence-corrected chi connectivity index (χ3v) is 3.03. The van der Waals surface area contributed by atoms with Crippen molar-refractivity contribution in [1.82, 2.24) is 4.90 Å². The van der Waals surface area contributed by atoms with Gasteiger partial charge in [0.25, 0.3) is 5.92 Å². The maximum Gasteiger partial charge on any atom is 0.573 e. The molecule has 0 spiro atoms. The molecule has 0 bridgehead atoms. The van der Waals surface area contributed by atoms with Crippen LogP contribution in [0.5, 0.6) is 5.75 Å². The Balaban J connectivity index is 1.93. The van der Waals surface area contributed by atoms with E-state index in [0.717, 1.165) is 17.0 Å². The third-order valence-electron chi connectivity index (χ3n) is 3.03. The Kier molecular flexibility index (Phi) is 4.06. The maximum absolute atomic E-state index is 13.0. The van der Waals surface area contributed by atoms with Crippen molar-refractivity contribution in [2.75, 3.05) is 13.1 Å². The van der Waals surface area contributed by atoms with E-state index >= 15 is 0 Å². The summed E-state index contributed by atoms with van der Waals surface area (Å²) in [6, 6.07) is 4.75. The summed E-state index contributed by atoms with van der Waals surface area (Å²) in [5.41, 5.74) is 0.435. The molecule has 1 aliphatic rings. The average molecular weight is 309 g/mol. The van der Waals surface area contributed by atoms with Crippen LogP contribution in [0.25, 0.3) is 0 Å². The lowest BCUT2D eigenvalue weighted by atomic mass is 10.1. The number of hydrogen-bond acceptors (Lipinski definition) is 2. The van der Waals surface area contributed by atoms with E-state index in [1.807, 2.05) is 0 Å². The van der Waals surface area contributed by atoms with Gasteiger partial charge in [0, 0.05) is 13.0 Å². The highest BCUT2D eigenvalue weighted by molar-refractivity contribution is 5.79. The van der Waals surface area contributed by atoms with Gasteiger partial charge in [0.1, 0.15) is 5.75 Å². The molecule has 0 aliphatic carbocycles. The van der Waals surface area contributed by atoms with Gasteiger partial charge >= 0.3 is 6.36 Å². The number of carbonyl (C=O) groups excluding carboxylic acids is 1. The minimum absolute atomic E-state index is 0.0128. The summed E-state index contributed by atoms with van der Waals surface area (Å²) in [4.78, 5) is 12.9. The van der Waals surface area contributed by atoms with Crippen LogP contribution in [0.1, 0.15) is 12.0 Å². The van der Waals surface area contributed by atoms with Crippen LogP contribution in [0.15, 0.2) is 24.3 Å². The Hall–Kier alpha value is -1.86. The molecule has 2 rings (SSSR count). The van der Waals surface area contributed by atoms with Crippen molar-refractivity contribution in [3.05, 3.63) is 29.8 Å². The number of alkyl halides is 5. The number of benzene rings is 1. The maximum atomic E-state index is 13.0. The molecular weight excluding hydrogens is 297 g/mol. The first kappa shape index (κ1) is 15.5. The predicted molar refractivity (Wildman–Crippen MR) is 63.0 cm³/mol. The van der Waals surface area contributed by atoms with Gasteiger partial charge < -0.3 is 9.64 Å². The summed E-state index contributed by atoms with van der Waals surface area (Å²) < 4.78 is 65.6. The first-order valence-electron chi connectivity index (χ1n) is 6.15. The molecule has 0 radical (unpaired) electrons. The molecule has 3 nitrogen and oxygen atoms in total. The van der Waals surface area contributed by atoms with Crippen molar-refractivity contribution in [2.45, 2.75) is 25.1 Å². The van der Waals surface area contributed by atoms with Crippen molar-refractivity contribution in [3.8, 4) is 5.75 Å². The van der Waals surface area contributed by atoms with Crippen molar-refractivity contribution >= 4 is 5.91 Å². The summed E-state index contributed by atoms with van der Waals surface area (Å²) in [5, 5.41) is 0. The van der Waals surface area contributed by atoms with Crippen molar-refractivity contribution in [2.24, 2.45) is 0 Å². The van der Waals surface area contributed by atoms with Crippen molar-refractivity contribution in [1.29, 1.82) is 0 Å². The quantitative estimate of drug-likeness (QED) is 0.803. The lowest BCUT2D eigenvalue weighted by molar-refractivity contribution is -0.274. The van der Waals surface area contributed by atoms with Gasteiger partial charge in [-0.1, -0.05) is 12.1 Å². The monoisotopic (exact) mass is 309 g/mol. The van der Waals surface area contributed by atoms with Crippen molar-refractivity contribution < 1.29 is 31.5 Å². The van der Waals surface area contributed by atoms with E-state index in [2.05, 4.69) is 4.74 Å². The van der Waals surface area contributed by atoms with Crippen LogP contribution in [0.4, 0.5) is 22.0 Å². The fourth-order valence-electron chi connectivity index (χ4n) is 2.04. The second-order valence-corrected chi connectivity index (χ2v) is 4.79. The Morgan fingerprint density at radius 2 is 1.86 bits per heavy atom. The molecule has 0 atom stereocenters. The minimum atomic E-state index is -4.78. The first-order chi connectivity index (χ1) is 9.65. The Morgan fingerprint density at radius 3 is 2.33 bits per heavy atom. The number of carbonyl (C=O) groups is 1. The molecule has 0 unspecified atom stereocenters. The van der Waals surface area contributed by atoms with E-state index in [4.69, 9.17) is 0 Å². The number of hydrogen-bond donors (Lipinski definition) is 0. The second-order valence-electron chi connectivity index (χ2n) is 4.79. The molecule has 21 heavy (non-hydrogen) atoms. The van der Waals surface area contributed by atoms with E-state index in [1.165, 1.54) is 12.1 Å². The van der Waals surface area contributed by atoms with Crippen LogP contribution in [0.3, 0.4) is 0 Å². The molecule has 1 aromatic rings. The first-order valence-corrected chi connectivity index (χ1v) is 6.15. The fraction of sp³-hybridized carbons (Fsp3) is 0.462. The lowest BCUT2D eigenvalue weighted by Gasteiger charge is -2.16. The largest absolute Gasteiger partial charge is 0.573 e. The fourth-order valence-corrected chi connectivity index (χ4v) is 2.04. The Morgan fingerprint density at radius 1 is 1.24 bits per heavy atom. The highest BCUT2D eigenvalue weighted by Crippen LogP contribution is 2.27. The smallest absolute Gasteiger partial charge is 0.406 e. The molecule has 0 saturated carbocycles. The van der Waals surface area contributed by atoms with Gasteiger partial charge in [0.15, 0.2) is 0 Å². The van der Waals surface area contributed by atoms with Gasteiger partial charge in [-0.05, 0) is 17.7 Å². The lowest BCUT2D eigenvalue weighted by Crippen LogP contribution is -2.32. The van der Waals surface area contributed by atoms with Crippen LogP contribution in [-0.2, 0) is 11.2 Å². The molecule has 8 heteroatoms. The Labute approximate surface area is 117 Å². The predicted octanol–water partition coefficient (Wildman–Crippen LogP) is 3.00. The van der Waals surface area contributed by atoms with E-state index in [0.29, 0.717) is 5.56 Å². The van der Waals surface area contributed by atoms with Crippen LogP contribution in [0.2, 0.25) is 0 Å². The molecule has 1 aromatic carbocycles. The second kappa shape index (κ2) is 5.50. The van der Waals surface area contributed by atoms with Crippen LogP contribution in [0, 0.1) is 0 Å². The molecule has 1 saturated heterocycles. The molecule has 1 fully saturated rings. The SMILES string of the molecule is O=C(Cc1ccc(OC(F)(F)F)cc1)N1CCC(F)(F)C1. The van der Waals surface area contributed by atoms with Gasteiger partial charge in [-0.25, -0.2) is 8.78 Å². The van der Waals surface area contributed by atoms with E-state index in [1.54, 1.807) is 0 Å². The van der Waals surface area contributed by atoms with Gasteiger partial charge in [-0.2, -0.15) is 0 Å². The minimum Gasteiger partial charge on any atom is -0.406 e. The number of halogens is 5. The number of rotatable bonds is 3. The van der Waals surface area contributed by atoms with Crippen LogP contribution >= 0.6 is 0 Å². The highest BCUT2D eigenvalue weighted by Gasteiger charge is 2.40. The molecule has 0 aromatic heterocycles. The summed E-state index contributed by atoms with van der Waals surface area (Å²) >= 11 is 0. The topological polar surface area (TPSA) is 29.5 Å². The van der Waals surface area contributed by atoms with Gasteiger partial charge in [-0.3, -0.25) is 4.79 Å². The molecule has 116 valence electrons. The summed E-state index contributed by atoms with van der Waals surface area (Å²) in [7, 11) is 0.